The number of allylic oxidation sites excluding steroid dienone is 1. The molecule has 1 aliphatic carbocycles. The maximum absolute atomic E-state index is 14.1. The summed E-state index contributed by atoms with van der Waals surface area (Å²) in [6.45, 7) is 3.91. The summed E-state index contributed by atoms with van der Waals surface area (Å²) in [5.74, 6) is 0.157. The van der Waals surface area contributed by atoms with Crippen molar-refractivity contribution in [2.24, 2.45) is 11.0 Å². The van der Waals surface area contributed by atoms with Crippen molar-refractivity contribution in [1.82, 2.24) is 5.01 Å². The normalized spacial score (nSPS) is 20.3. The average molecular weight is 408 g/mol. The summed E-state index contributed by atoms with van der Waals surface area (Å²) in [6.07, 6.45) is 3.25. The molecule has 0 amide bonds. The summed E-state index contributed by atoms with van der Waals surface area (Å²) in [4.78, 5) is 12.1. The minimum absolute atomic E-state index is 0.0805. The number of rotatable bonds is 5. The molecule has 30 heavy (non-hydrogen) atoms. The van der Waals surface area contributed by atoms with Crippen molar-refractivity contribution >= 4 is 11.7 Å². The molecule has 5 nitrogen and oxygen atoms in total. The molecule has 2 aliphatic rings. The zero-order chi connectivity index (χ0) is 21.3. The lowest BCUT2D eigenvalue weighted by Gasteiger charge is -2.31. The number of esters is 1. The third-order valence-corrected chi connectivity index (χ3v) is 5.69. The minimum Gasteiger partial charge on any atom is -0.497 e. The summed E-state index contributed by atoms with van der Waals surface area (Å²) in [7, 11) is 1.65. The number of carbonyl (C=O) groups excluding carboxylic acids is 1. The highest BCUT2D eigenvalue weighted by Crippen LogP contribution is 2.45. The summed E-state index contributed by atoms with van der Waals surface area (Å²) in [6, 6.07) is 12.5. The van der Waals surface area contributed by atoms with E-state index in [4.69, 9.17) is 14.6 Å². The Kier molecular flexibility index (Phi) is 5.57. The van der Waals surface area contributed by atoms with E-state index in [1.807, 2.05) is 30.1 Å². The second-order valence-electron chi connectivity index (χ2n) is 7.54. The van der Waals surface area contributed by atoms with Crippen molar-refractivity contribution in [3.63, 3.8) is 0 Å². The molecule has 0 bridgehead atoms. The van der Waals surface area contributed by atoms with Crippen LogP contribution in [0.2, 0.25) is 0 Å². The van der Waals surface area contributed by atoms with Crippen molar-refractivity contribution < 1.29 is 18.7 Å². The number of nitrogens with zero attached hydrogens (tertiary/aromatic N) is 2. The van der Waals surface area contributed by atoms with Gasteiger partial charge in [0.1, 0.15) is 11.6 Å². The first-order valence-corrected chi connectivity index (χ1v) is 10.2. The molecule has 156 valence electrons. The Bertz CT molecular complexity index is 1030. The van der Waals surface area contributed by atoms with E-state index in [2.05, 4.69) is 6.07 Å². The van der Waals surface area contributed by atoms with Crippen LogP contribution in [0, 0.1) is 11.7 Å². The van der Waals surface area contributed by atoms with E-state index in [0.717, 1.165) is 35.4 Å². The Morgan fingerprint density at radius 3 is 2.87 bits per heavy atom. The van der Waals surface area contributed by atoms with E-state index in [9.17, 15) is 9.18 Å². The molecule has 2 aromatic carbocycles. The van der Waals surface area contributed by atoms with Crippen LogP contribution in [0.4, 0.5) is 4.39 Å². The van der Waals surface area contributed by atoms with E-state index in [1.165, 1.54) is 17.7 Å². The second kappa shape index (κ2) is 8.30. The van der Waals surface area contributed by atoms with Crippen molar-refractivity contribution in [2.75, 3.05) is 13.7 Å². The lowest BCUT2D eigenvalue weighted by molar-refractivity contribution is -0.137. The Labute approximate surface area is 175 Å². The van der Waals surface area contributed by atoms with Crippen molar-refractivity contribution in [1.29, 1.82) is 0 Å². The van der Waals surface area contributed by atoms with Crippen molar-refractivity contribution in [3.8, 4) is 5.75 Å². The van der Waals surface area contributed by atoms with Gasteiger partial charge in [-0.2, -0.15) is 5.10 Å². The topological polar surface area (TPSA) is 51.1 Å². The summed E-state index contributed by atoms with van der Waals surface area (Å²) < 4.78 is 24.5. The van der Waals surface area contributed by atoms with Crippen LogP contribution in [0.25, 0.3) is 0 Å². The molecule has 0 N–H and O–H groups in total. The molecular formula is C24H25FN2O3. The number of methoxy groups -OCH3 is 1. The summed E-state index contributed by atoms with van der Waals surface area (Å²) in [5, 5.41) is 6.76. The quantitative estimate of drug-likeness (QED) is 0.535. The number of halogens is 1. The molecule has 0 radical (unpaired) electrons. The van der Waals surface area contributed by atoms with E-state index in [0.29, 0.717) is 12.3 Å². The van der Waals surface area contributed by atoms with Crippen LogP contribution >= 0.6 is 0 Å². The molecule has 0 saturated carbocycles. The predicted molar refractivity (Wildman–Crippen MR) is 113 cm³/mol. The molecule has 4 rings (SSSR count). The number of benzene rings is 2. The predicted octanol–water partition coefficient (Wildman–Crippen LogP) is 4.62. The molecule has 0 unspecified atom stereocenters. The number of fused-ring (bicyclic) bond motifs is 3. The van der Waals surface area contributed by atoms with Crippen LogP contribution in [0.15, 0.2) is 59.3 Å². The second-order valence-corrected chi connectivity index (χ2v) is 7.54. The first-order valence-electron chi connectivity index (χ1n) is 10.2. The number of ether oxygens (including phenoxy) is 2. The van der Waals surface area contributed by atoms with Crippen molar-refractivity contribution in [3.05, 3.63) is 76.7 Å². The van der Waals surface area contributed by atoms with Crippen LogP contribution < -0.4 is 4.74 Å². The highest BCUT2D eigenvalue weighted by atomic mass is 19.1. The Hall–Kier alpha value is -3.15. The van der Waals surface area contributed by atoms with Gasteiger partial charge in [-0.25, -0.2) is 9.18 Å². The molecule has 2 atom stereocenters. The molecule has 1 heterocycles. The number of aryl methyl sites for hydroxylation is 1. The Balaban J connectivity index is 1.80. The van der Waals surface area contributed by atoms with Crippen LogP contribution in [0.1, 0.15) is 43.0 Å². The largest absolute Gasteiger partial charge is 0.497 e. The molecule has 0 saturated heterocycles. The summed E-state index contributed by atoms with van der Waals surface area (Å²) >= 11 is 0. The monoisotopic (exact) mass is 408 g/mol. The van der Waals surface area contributed by atoms with E-state index >= 15 is 0 Å². The van der Waals surface area contributed by atoms with Gasteiger partial charge in [-0.1, -0.05) is 18.2 Å². The van der Waals surface area contributed by atoms with Crippen LogP contribution in [-0.2, 0) is 16.0 Å². The smallest absolute Gasteiger partial charge is 0.332 e. The highest BCUT2D eigenvalue weighted by Gasteiger charge is 2.42. The fourth-order valence-electron chi connectivity index (χ4n) is 4.35. The van der Waals surface area contributed by atoms with Gasteiger partial charge in [0.15, 0.2) is 0 Å². The summed E-state index contributed by atoms with van der Waals surface area (Å²) in [5.41, 5.74) is 4.72. The molecule has 0 fully saturated rings. The fraction of sp³-hybridized carbons (Fsp3) is 0.333. The van der Waals surface area contributed by atoms with E-state index < -0.39 is 5.97 Å². The van der Waals surface area contributed by atoms with Gasteiger partial charge in [0.2, 0.25) is 0 Å². The van der Waals surface area contributed by atoms with Crippen LogP contribution in [0.3, 0.4) is 0 Å². The van der Waals surface area contributed by atoms with Gasteiger partial charge in [-0.15, -0.1) is 0 Å². The first-order chi connectivity index (χ1) is 14.5. The van der Waals surface area contributed by atoms with Gasteiger partial charge in [-0.3, -0.25) is 5.01 Å². The lowest BCUT2D eigenvalue weighted by atomic mass is 9.77. The van der Waals surface area contributed by atoms with Gasteiger partial charge >= 0.3 is 5.97 Å². The fourth-order valence-corrected chi connectivity index (χ4v) is 4.35. The SMILES string of the molecule is CCOC(=O)/C=C(\C)N1N=C2c3cc(OC)ccc3CC[C@@H]2[C@@H]1c1cccc(F)c1. The van der Waals surface area contributed by atoms with Crippen LogP contribution in [0.5, 0.6) is 5.75 Å². The third kappa shape index (κ3) is 3.70. The number of carbonyl (C=O) groups is 1. The zero-order valence-corrected chi connectivity index (χ0v) is 17.4. The number of hydrogen-bond acceptors (Lipinski definition) is 5. The maximum atomic E-state index is 14.1. The first kappa shape index (κ1) is 20.1. The van der Waals surface area contributed by atoms with E-state index in [-0.39, 0.29) is 17.8 Å². The van der Waals surface area contributed by atoms with Gasteiger partial charge in [0, 0.05) is 23.3 Å². The Morgan fingerprint density at radius 1 is 1.30 bits per heavy atom. The third-order valence-electron chi connectivity index (χ3n) is 5.69. The molecule has 0 spiro atoms. The molecule has 2 aromatic rings. The molecule has 1 aliphatic heterocycles. The minimum atomic E-state index is -0.412. The molecular weight excluding hydrogens is 383 g/mol. The Morgan fingerprint density at radius 2 is 2.13 bits per heavy atom. The standard InChI is InChI=1S/C24H25FN2O3/c1-4-30-22(28)12-15(2)27-24(17-6-5-7-18(25)13-17)20-11-9-16-8-10-19(29-3)14-21(16)23(20)26-27/h5-8,10,12-14,20,24H,4,9,11H2,1-3H3/b15-12+/t20-,24-/m0/s1. The number of hydrazone groups is 1. The van der Waals surface area contributed by atoms with Gasteiger partial charge in [0.05, 0.1) is 25.5 Å². The van der Waals surface area contributed by atoms with Gasteiger partial charge in [-0.05, 0) is 62.1 Å². The lowest BCUT2D eigenvalue weighted by Crippen LogP contribution is -2.28. The van der Waals surface area contributed by atoms with E-state index in [1.54, 1.807) is 26.2 Å². The maximum Gasteiger partial charge on any atom is 0.332 e. The van der Waals surface area contributed by atoms with Gasteiger partial charge < -0.3 is 9.47 Å². The molecule has 6 heteroatoms. The van der Waals surface area contributed by atoms with Crippen LogP contribution in [-0.4, -0.2) is 30.4 Å². The zero-order valence-electron chi connectivity index (χ0n) is 17.4. The average Bonchev–Trinajstić information content (AvgIpc) is 3.13. The molecule has 0 aromatic heterocycles. The van der Waals surface area contributed by atoms with Crippen molar-refractivity contribution in [2.45, 2.75) is 32.7 Å². The highest BCUT2D eigenvalue weighted by molar-refractivity contribution is 6.06. The number of hydrogen-bond donors (Lipinski definition) is 0. The van der Waals surface area contributed by atoms with Gasteiger partial charge in [0.25, 0.3) is 0 Å².